The van der Waals surface area contributed by atoms with Gasteiger partial charge < -0.3 is 39.6 Å². The number of carbonyl (C=O) groups excluding carboxylic acids is 4. The summed E-state index contributed by atoms with van der Waals surface area (Å²) in [6.45, 7) is 64.1. The first-order chi connectivity index (χ1) is 26.7. The molecule has 352 valence electrons. The molecule has 0 atom stereocenters. The van der Waals surface area contributed by atoms with E-state index in [4.69, 9.17) is 0 Å². The van der Waals surface area contributed by atoms with E-state index in [0.29, 0.717) is 0 Å². The second-order valence-electron chi connectivity index (χ2n) is 20.7. The van der Waals surface area contributed by atoms with Crippen molar-refractivity contribution in [1.82, 2.24) is 0 Å². The molecule has 0 aromatic rings. The standard InChI is InChI=1S/4C13H24O2.Si/c4*1-8(2)13(9(3)4,10(5)6)11(7)12(14)15;/h4*8-10H,7H2,1-6H3,(H,14,15);/q;;;;+4/p-4. The molecule has 9 heteroatoms. The van der Waals surface area contributed by atoms with Gasteiger partial charge in [-0.05, 0) is 93.3 Å². The second-order valence-corrected chi connectivity index (χ2v) is 20.7. The zero-order valence-corrected chi connectivity index (χ0v) is 44.5. The van der Waals surface area contributed by atoms with E-state index < -0.39 is 23.9 Å². The van der Waals surface area contributed by atoms with Crippen LogP contribution >= 0.6 is 0 Å². The number of aliphatic carboxylic acids is 4. The van der Waals surface area contributed by atoms with E-state index in [1.807, 2.05) is 166 Å². The van der Waals surface area contributed by atoms with Crippen LogP contribution in [0.3, 0.4) is 0 Å². The average Bonchev–Trinajstić information content (AvgIpc) is 3.04. The molecule has 0 aliphatic heterocycles. The molecule has 0 aliphatic carbocycles. The molecule has 0 fully saturated rings. The molecule has 0 amide bonds. The van der Waals surface area contributed by atoms with Crippen LogP contribution in [-0.4, -0.2) is 34.8 Å². The van der Waals surface area contributed by atoms with Crippen molar-refractivity contribution in [2.45, 2.75) is 166 Å². The molecule has 0 heterocycles. The Hall–Kier alpha value is -2.94. The minimum absolute atomic E-state index is 0. The Kier molecular flexibility index (Phi) is 30.0. The molecule has 61 heavy (non-hydrogen) atoms. The molecular weight excluding hydrogens is 781 g/mol. The summed E-state index contributed by atoms with van der Waals surface area (Å²) in [7, 11) is 0. The van der Waals surface area contributed by atoms with Crippen LogP contribution in [0.4, 0.5) is 0 Å². The van der Waals surface area contributed by atoms with E-state index in [-0.39, 0.29) is 126 Å². The normalized spacial score (nSPS) is 12.4. The van der Waals surface area contributed by atoms with Gasteiger partial charge in [0.2, 0.25) is 0 Å². The van der Waals surface area contributed by atoms with E-state index in [2.05, 4.69) is 26.3 Å². The summed E-state index contributed by atoms with van der Waals surface area (Å²) in [6, 6.07) is 0. The van der Waals surface area contributed by atoms with Crippen LogP contribution in [0.25, 0.3) is 0 Å². The summed E-state index contributed by atoms with van der Waals surface area (Å²) >= 11 is 0. The Bertz CT molecular complexity index is 1130. The molecule has 0 rings (SSSR count). The third-order valence-electron chi connectivity index (χ3n) is 14.5. The molecule has 0 saturated carbocycles. The van der Waals surface area contributed by atoms with Crippen LogP contribution in [0.5, 0.6) is 0 Å². The van der Waals surface area contributed by atoms with Crippen LogP contribution < -0.4 is 20.4 Å². The van der Waals surface area contributed by atoms with Crippen molar-refractivity contribution in [2.24, 2.45) is 92.7 Å². The zero-order chi connectivity index (χ0) is 49.5. The van der Waals surface area contributed by atoms with Gasteiger partial charge in [0.15, 0.2) is 0 Å². The van der Waals surface area contributed by atoms with Crippen molar-refractivity contribution in [3.05, 3.63) is 48.6 Å². The fourth-order valence-electron chi connectivity index (χ4n) is 12.9. The number of carboxylic acids is 4. The van der Waals surface area contributed by atoms with Crippen LogP contribution in [0.15, 0.2) is 48.6 Å². The summed E-state index contributed by atoms with van der Waals surface area (Å²) in [5.41, 5.74) is -0.551. The van der Waals surface area contributed by atoms with Crippen molar-refractivity contribution in [1.29, 1.82) is 0 Å². The molecule has 0 N–H and O–H groups in total. The van der Waals surface area contributed by atoms with Crippen molar-refractivity contribution < 1.29 is 39.6 Å². The van der Waals surface area contributed by atoms with Crippen LogP contribution in [0.2, 0.25) is 0 Å². The molecular formula is C52H92O8Si. The minimum atomic E-state index is -1.12. The predicted molar refractivity (Wildman–Crippen MR) is 250 cm³/mol. The number of hydrogen-bond donors (Lipinski definition) is 0. The van der Waals surface area contributed by atoms with Gasteiger partial charge in [0.05, 0.1) is 23.9 Å². The molecule has 0 aromatic carbocycles. The summed E-state index contributed by atoms with van der Waals surface area (Å²) in [5, 5.41) is 44.2. The summed E-state index contributed by atoms with van der Waals surface area (Å²) in [5.74, 6) is -1.61. The molecule has 0 unspecified atom stereocenters. The van der Waals surface area contributed by atoms with Gasteiger partial charge in [-0.2, -0.15) is 0 Å². The molecule has 8 nitrogen and oxygen atoms in total. The van der Waals surface area contributed by atoms with Crippen molar-refractivity contribution >= 4 is 34.8 Å². The number of carbonyl (C=O) groups is 4. The van der Waals surface area contributed by atoms with Crippen LogP contribution in [0, 0.1) is 92.7 Å². The topological polar surface area (TPSA) is 161 Å². The second kappa shape index (κ2) is 27.3. The third-order valence-corrected chi connectivity index (χ3v) is 14.5. The zero-order valence-electron chi connectivity index (χ0n) is 43.5. The predicted octanol–water partition coefficient (Wildman–Crippen LogP) is 8.61. The van der Waals surface area contributed by atoms with Crippen molar-refractivity contribution in [2.75, 3.05) is 0 Å². The number of hydrogen-bond acceptors (Lipinski definition) is 8. The SMILES string of the molecule is C=C(C(=O)[O-])C(C(C)C)(C(C)C)C(C)C.C=C(C(=O)[O-])C(C(C)C)(C(C)C)C(C)C.C=C(C(=O)[O-])C(C(C)C)(C(C)C)C(C)C.C=C(C(=O)[O-])C(C(C)C)(C(C)C)C(C)C.[Si+4]. The van der Waals surface area contributed by atoms with E-state index in [0.717, 1.165) is 0 Å². The maximum absolute atomic E-state index is 11.0. The number of rotatable bonds is 20. The summed E-state index contributed by atoms with van der Waals surface area (Å²) in [6.07, 6.45) is 0. The Morgan fingerprint density at radius 1 is 0.262 bits per heavy atom. The van der Waals surface area contributed by atoms with Gasteiger partial charge in [-0.1, -0.05) is 192 Å². The monoisotopic (exact) mass is 873 g/mol. The van der Waals surface area contributed by atoms with Gasteiger partial charge in [0.1, 0.15) is 0 Å². The molecule has 0 saturated heterocycles. The molecule has 0 bridgehead atoms. The fourth-order valence-corrected chi connectivity index (χ4v) is 12.9. The van der Waals surface area contributed by atoms with Gasteiger partial charge in [-0.15, -0.1) is 0 Å². The first-order valence-electron chi connectivity index (χ1n) is 22.4. The quantitative estimate of drug-likeness (QED) is 0.0869. The maximum Gasteiger partial charge on any atom is 4.00 e. The van der Waals surface area contributed by atoms with E-state index in [9.17, 15) is 39.6 Å². The third kappa shape index (κ3) is 14.5. The first kappa shape index (κ1) is 67.1. The molecule has 0 spiro atoms. The Morgan fingerprint density at radius 2 is 0.328 bits per heavy atom. The van der Waals surface area contributed by atoms with E-state index in [1.54, 1.807) is 0 Å². The average molecular weight is 873 g/mol. The van der Waals surface area contributed by atoms with Gasteiger partial charge >= 0.3 is 11.0 Å². The smallest absolute Gasteiger partial charge is 0.545 e. The van der Waals surface area contributed by atoms with E-state index in [1.165, 1.54) is 0 Å². The van der Waals surface area contributed by atoms with Crippen LogP contribution in [-0.2, 0) is 19.2 Å². The number of carboxylic acid groups (broad SMARTS) is 4. The van der Waals surface area contributed by atoms with Gasteiger partial charge in [-0.3, -0.25) is 0 Å². The van der Waals surface area contributed by atoms with Gasteiger partial charge in [0.25, 0.3) is 0 Å². The Morgan fingerprint density at radius 3 is 0.344 bits per heavy atom. The fraction of sp³-hybridized carbons (Fsp3) is 0.769. The van der Waals surface area contributed by atoms with Crippen molar-refractivity contribution in [3.8, 4) is 0 Å². The van der Waals surface area contributed by atoms with Crippen LogP contribution in [0.1, 0.15) is 166 Å². The molecule has 0 radical (unpaired) electrons. The van der Waals surface area contributed by atoms with Gasteiger partial charge in [-0.25, -0.2) is 0 Å². The minimum Gasteiger partial charge on any atom is -0.545 e. The Balaban J connectivity index is -0.000000227. The molecule has 0 aliphatic rings. The molecule has 0 aromatic heterocycles. The van der Waals surface area contributed by atoms with Gasteiger partial charge in [0, 0.05) is 21.7 Å². The van der Waals surface area contributed by atoms with E-state index >= 15 is 0 Å². The van der Waals surface area contributed by atoms with Crippen molar-refractivity contribution in [3.63, 3.8) is 0 Å². The summed E-state index contributed by atoms with van der Waals surface area (Å²) < 4.78 is 0. The first-order valence-corrected chi connectivity index (χ1v) is 22.4. The largest absolute Gasteiger partial charge is 4.00 e. The Labute approximate surface area is 380 Å². The maximum atomic E-state index is 11.0. The summed E-state index contributed by atoms with van der Waals surface area (Å²) in [4.78, 5) is 44.2.